The summed E-state index contributed by atoms with van der Waals surface area (Å²) in [5.41, 5.74) is 10.8. The van der Waals surface area contributed by atoms with Crippen LogP contribution < -0.4 is 34.0 Å². The van der Waals surface area contributed by atoms with Crippen molar-refractivity contribution in [3.63, 3.8) is 0 Å². The zero-order chi connectivity index (χ0) is 29.5. The van der Waals surface area contributed by atoms with Gasteiger partial charge in [0.1, 0.15) is 0 Å². The van der Waals surface area contributed by atoms with Gasteiger partial charge in [0.25, 0.3) is 11.1 Å². The second-order valence-electron chi connectivity index (χ2n) is 10.9. The number of rotatable bonds is 11. The van der Waals surface area contributed by atoms with Gasteiger partial charge in [-0.25, -0.2) is 19.6 Å². The highest BCUT2D eigenvalue weighted by atomic mass is 16.2. The monoisotopic (exact) mass is 556 g/mol. The number of aryl methyl sites for hydroxylation is 4. The molecule has 4 aromatic rings. The summed E-state index contributed by atoms with van der Waals surface area (Å²) in [7, 11) is 6.49. The first-order valence-electron chi connectivity index (χ1n) is 13.7. The third-order valence-corrected chi connectivity index (χ3v) is 7.50. The van der Waals surface area contributed by atoms with Crippen molar-refractivity contribution in [1.82, 2.24) is 37.4 Å². The molecule has 0 saturated carbocycles. The van der Waals surface area contributed by atoms with Crippen molar-refractivity contribution >= 4 is 22.3 Å². The third-order valence-electron chi connectivity index (χ3n) is 7.50. The molecular formula is C26H40N10O4. The molecule has 40 heavy (non-hydrogen) atoms. The van der Waals surface area contributed by atoms with Gasteiger partial charge < -0.3 is 20.6 Å². The van der Waals surface area contributed by atoms with Crippen molar-refractivity contribution in [2.45, 2.75) is 77.5 Å². The first kappa shape index (κ1) is 29.2. The molecule has 4 aromatic heterocycles. The van der Waals surface area contributed by atoms with Crippen LogP contribution in [0.2, 0.25) is 0 Å². The van der Waals surface area contributed by atoms with Crippen molar-refractivity contribution in [3.05, 3.63) is 41.7 Å². The Balaban J connectivity index is 1.82. The molecule has 4 rings (SSSR count). The lowest BCUT2D eigenvalue weighted by atomic mass is 10.1. The maximum Gasteiger partial charge on any atom is 0.332 e. The van der Waals surface area contributed by atoms with Gasteiger partial charge in [-0.1, -0.05) is 12.8 Å². The number of hydrogen-bond donors (Lipinski definition) is 2. The van der Waals surface area contributed by atoms with Crippen LogP contribution in [0.25, 0.3) is 34.0 Å². The molecule has 4 heterocycles. The molecule has 0 aromatic carbocycles. The number of hydrogen-bond acceptors (Lipinski definition) is 8. The van der Waals surface area contributed by atoms with E-state index in [-0.39, 0.29) is 47.5 Å². The smallest absolute Gasteiger partial charge is 0.328 e. The van der Waals surface area contributed by atoms with Crippen LogP contribution >= 0.6 is 0 Å². The summed E-state index contributed by atoms with van der Waals surface area (Å²) in [5.74, 6) is 0.594. The third kappa shape index (κ3) is 5.08. The van der Waals surface area contributed by atoms with Gasteiger partial charge in [-0.2, -0.15) is 0 Å². The van der Waals surface area contributed by atoms with Crippen LogP contribution in [-0.2, 0) is 41.3 Å². The Morgan fingerprint density at radius 3 is 1.27 bits per heavy atom. The first-order valence-corrected chi connectivity index (χ1v) is 13.7. The van der Waals surface area contributed by atoms with Crippen molar-refractivity contribution in [2.75, 3.05) is 0 Å². The van der Waals surface area contributed by atoms with E-state index in [0.29, 0.717) is 24.5 Å². The molecule has 0 aliphatic rings. The Hall–Kier alpha value is -3.78. The van der Waals surface area contributed by atoms with Gasteiger partial charge in [0.05, 0.1) is 0 Å². The molecule has 14 heteroatoms. The molecule has 218 valence electrons. The van der Waals surface area contributed by atoms with E-state index >= 15 is 0 Å². The van der Waals surface area contributed by atoms with E-state index in [4.69, 9.17) is 11.5 Å². The van der Waals surface area contributed by atoms with E-state index in [2.05, 4.69) is 9.97 Å². The van der Waals surface area contributed by atoms with Crippen LogP contribution in [-0.4, -0.2) is 49.5 Å². The van der Waals surface area contributed by atoms with Crippen LogP contribution in [0.4, 0.5) is 0 Å². The van der Waals surface area contributed by atoms with E-state index in [0.717, 1.165) is 25.7 Å². The average Bonchev–Trinajstić information content (AvgIpc) is 3.41. The Morgan fingerprint density at radius 1 is 0.600 bits per heavy atom. The number of aromatic nitrogens is 8. The van der Waals surface area contributed by atoms with Crippen LogP contribution in [0.15, 0.2) is 19.2 Å². The van der Waals surface area contributed by atoms with Gasteiger partial charge in [-0.05, 0) is 39.5 Å². The molecule has 0 aliphatic carbocycles. The van der Waals surface area contributed by atoms with Gasteiger partial charge in [-0.15, -0.1) is 0 Å². The van der Waals surface area contributed by atoms with Gasteiger partial charge in [0, 0.05) is 53.4 Å². The number of nitrogens with two attached hydrogens (primary N) is 2. The van der Waals surface area contributed by atoms with E-state index in [1.54, 1.807) is 37.3 Å². The molecule has 2 unspecified atom stereocenters. The van der Waals surface area contributed by atoms with Crippen molar-refractivity contribution < 1.29 is 0 Å². The van der Waals surface area contributed by atoms with Gasteiger partial charge in [0.2, 0.25) is 0 Å². The number of unbranched alkanes of at least 4 members (excludes halogenated alkanes) is 2. The van der Waals surface area contributed by atoms with E-state index < -0.39 is 22.5 Å². The largest absolute Gasteiger partial charge is 0.332 e. The highest BCUT2D eigenvalue weighted by Crippen LogP contribution is 2.23. The molecule has 0 bridgehead atoms. The SMILES string of the molecule is CC(N)CCCCn1c(=O)c2c(nc(-c3nc4c(c(=O)n(CCCCC(C)N)c(=O)n4C)n3C)n2C)n(C)c1=O. The van der Waals surface area contributed by atoms with E-state index in [1.165, 1.54) is 18.3 Å². The molecule has 0 aliphatic heterocycles. The zero-order valence-electron chi connectivity index (χ0n) is 24.2. The summed E-state index contributed by atoms with van der Waals surface area (Å²) in [5, 5.41) is 0. The van der Waals surface area contributed by atoms with Crippen molar-refractivity contribution in [2.24, 2.45) is 39.7 Å². The fourth-order valence-electron chi connectivity index (χ4n) is 5.15. The van der Waals surface area contributed by atoms with Crippen molar-refractivity contribution in [3.8, 4) is 11.6 Å². The second kappa shape index (κ2) is 11.4. The Labute approximate surface area is 230 Å². The predicted octanol–water partition coefficient (Wildman–Crippen LogP) is -0.117. The van der Waals surface area contributed by atoms with Crippen LogP contribution in [0, 0.1) is 0 Å². The molecule has 4 N–H and O–H groups in total. The van der Waals surface area contributed by atoms with Crippen LogP contribution in [0.3, 0.4) is 0 Å². The molecule has 0 amide bonds. The van der Waals surface area contributed by atoms with E-state index in [1.807, 2.05) is 13.8 Å². The topological polar surface area (TPSA) is 176 Å². The van der Waals surface area contributed by atoms with Gasteiger partial charge in [-0.3, -0.25) is 27.9 Å². The Bertz CT molecular complexity index is 1660. The summed E-state index contributed by atoms with van der Waals surface area (Å²) in [4.78, 5) is 62.2. The van der Waals surface area contributed by atoms with E-state index in [9.17, 15) is 19.2 Å². The normalized spacial score (nSPS) is 13.5. The molecular weight excluding hydrogens is 516 g/mol. The Morgan fingerprint density at radius 2 is 0.950 bits per heavy atom. The minimum atomic E-state index is -0.456. The summed E-state index contributed by atoms with van der Waals surface area (Å²) in [6.07, 6.45) is 4.48. The molecule has 14 nitrogen and oxygen atoms in total. The summed E-state index contributed by atoms with van der Waals surface area (Å²) in [6, 6.07) is 0.108. The van der Waals surface area contributed by atoms with Gasteiger partial charge >= 0.3 is 11.4 Å². The molecule has 0 fully saturated rings. The zero-order valence-corrected chi connectivity index (χ0v) is 24.2. The lowest BCUT2D eigenvalue weighted by Gasteiger charge is -2.09. The van der Waals surface area contributed by atoms with Crippen LogP contribution in [0.1, 0.15) is 52.4 Å². The lowest BCUT2D eigenvalue weighted by molar-refractivity contribution is 0.520. The maximum atomic E-state index is 13.4. The standard InChI is InChI=1S/C26H40N10O4/c1-15(27)11-7-9-13-35-23(37)17-19(33(5)25(35)39)29-21(31(17)3)22-30-20-18(32(22)4)24(38)36(26(40)34(20)6)14-10-8-12-16(2)28/h15-16H,7-14,27-28H2,1-6H3. The van der Waals surface area contributed by atoms with Gasteiger partial charge in [0.15, 0.2) is 34.0 Å². The number of nitrogens with zero attached hydrogens (tertiary/aromatic N) is 8. The Kier molecular flexibility index (Phi) is 8.30. The van der Waals surface area contributed by atoms with Crippen molar-refractivity contribution in [1.29, 1.82) is 0 Å². The lowest BCUT2D eigenvalue weighted by Crippen LogP contribution is -2.39. The quantitative estimate of drug-likeness (QED) is 0.240. The highest BCUT2D eigenvalue weighted by molar-refractivity contribution is 5.79. The second-order valence-corrected chi connectivity index (χ2v) is 10.9. The summed E-state index contributed by atoms with van der Waals surface area (Å²) < 4.78 is 8.30. The minimum absolute atomic E-state index is 0.0542. The highest BCUT2D eigenvalue weighted by Gasteiger charge is 2.25. The molecule has 2 atom stereocenters. The predicted molar refractivity (Wildman–Crippen MR) is 154 cm³/mol. The maximum absolute atomic E-state index is 13.4. The summed E-state index contributed by atoms with van der Waals surface area (Å²) in [6.45, 7) is 4.39. The molecule has 0 saturated heterocycles. The number of fused-ring (bicyclic) bond motifs is 2. The molecule has 0 spiro atoms. The minimum Gasteiger partial charge on any atom is -0.328 e. The fraction of sp³-hybridized carbons (Fsp3) is 0.615. The summed E-state index contributed by atoms with van der Waals surface area (Å²) >= 11 is 0. The average molecular weight is 557 g/mol. The number of imidazole rings is 2. The fourth-order valence-corrected chi connectivity index (χ4v) is 5.15. The first-order chi connectivity index (χ1) is 18.9. The van der Waals surface area contributed by atoms with Crippen LogP contribution in [0.5, 0.6) is 0 Å². The molecule has 0 radical (unpaired) electrons.